The smallest absolute Gasteiger partial charge is 0.462 e. The molecule has 0 spiro atoms. The van der Waals surface area contributed by atoms with Crippen molar-refractivity contribution in [3.63, 3.8) is 0 Å². The van der Waals surface area contributed by atoms with Gasteiger partial charge in [-0.15, -0.1) is 0 Å². The standard InChI is InChI=1S/C65H112NO8P/c1-6-8-10-12-14-16-18-20-21-22-23-24-25-26-27-28-29-30-31-32-33-34-35-36-37-38-39-40-41-42-43-44-45-46-48-50-52-54-56-58-65(68)74-63(62-73-75(69,70)72-60-59-66(3,4)5)61-71-64(67)57-55-53-51-49-47-19-17-15-13-11-9-7-2/h8,10,14,16,20-21,23-24,26-27,29-30,32-33,35-36,38-39,63H,6-7,9,11-13,15,17-19,22,25,28,31,34,37,40-62H2,1-5H3/p+1/b10-8-,16-14-,21-20-,24-23-,27-26-,30-29-,33-32-,36-35-,39-38-. The van der Waals surface area contributed by atoms with Crippen LogP contribution >= 0.6 is 7.82 Å². The highest BCUT2D eigenvalue weighted by atomic mass is 31.2. The van der Waals surface area contributed by atoms with Crippen molar-refractivity contribution < 1.29 is 42.1 Å². The number of nitrogens with zero attached hydrogens (tertiary/aromatic N) is 1. The molecule has 0 bridgehead atoms. The van der Waals surface area contributed by atoms with E-state index in [9.17, 15) is 19.0 Å². The van der Waals surface area contributed by atoms with Crippen molar-refractivity contribution in [3.05, 3.63) is 109 Å². The Labute approximate surface area is 461 Å². The molecule has 0 aliphatic carbocycles. The number of rotatable bonds is 54. The normalized spacial score (nSPS) is 14.1. The van der Waals surface area contributed by atoms with E-state index in [1.807, 2.05) is 21.1 Å². The molecular formula is C65H113NO8P+. The molecule has 75 heavy (non-hydrogen) atoms. The Morgan fingerprint density at radius 1 is 0.427 bits per heavy atom. The van der Waals surface area contributed by atoms with Crippen LogP contribution in [0.5, 0.6) is 0 Å². The van der Waals surface area contributed by atoms with Crippen molar-refractivity contribution in [3.8, 4) is 0 Å². The highest BCUT2D eigenvalue weighted by Crippen LogP contribution is 2.43. The second kappa shape index (κ2) is 55.4. The molecule has 2 atom stereocenters. The Balaban J connectivity index is 4.05. The van der Waals surface area contributed by atoms with Crippen molar-refractivity contribution in [2.24, 2.45) is 0 Å². The van der Waals surface area contributed by atoms with Crippen LogP contribution < -0.4 is 0 Å². The van der Waals surface area contributed by atoms with Crippen molar-refractivity contribution in [1.82, 2.24) is 0 Å². The van der Waals surface area contributed by atoms with Crippen LogP contribution in [0.15, 0.2) is 109 Å². The largest absolute Gasteiger partial charge is 0.472 e. The summed E-state index contributed by atoms with van der Waals surface area (Å²) in [5.74, 6) is -0.801. The summed E-state index contributed by atoms with van der Waals surface area (Å²) in [6.07, 6.45) is 77.4. The number of hydrogen-bond donors (Lipinski definition) is 1. The molecule has 1 N–H and O–H groups in total. The quantitative estimate of drug-likeness (QED) is 0.0211. The minimum absolute atomic E-state index is 0.0283. The molecule has 430 valence electrons. The number of esters is 2. The van der Waals surface area contributed by atoms with Crippen LogP contribution in [-0.4, -0.2) is 74.9 Å². The molecule has 0 aromatic heterocycles. The molecule has 0 aromatic rings. The average molecular weight is 1070 g/mol. The number of phosphoric acid groups is 1. The molecule has 0 heterocycles. The van der Waals surface area contributed by atoms with Gasteiger partial charge >= 0.3 is 19.8 Å². The maximum atomic E-state index is 12.8. The van der Waals surface area contributed by atoms with E-state index >= 15 is 0 Å². The maximum Gasteiger partial charge on any atom is 0.472 e. The van der Waals surface area contributed by atoms with Crippen LogP contribution in [0.4, 0.5) is 0 Å². The van der Waals surface area contributed by atoms with Gasteiger partial charge in [0.25, 0.3) is 0 Å². The number of allylic oxidation sites excluding steroid dienone is 18. The zero-order chi connectivity index (χ0) is 54.9. The first-order valence-corrected chi connectivity index (χ1v) is 31.6. The average Bonchev–Trinajstić information content (AvgIpc) is 3.37. The molecule has 0 amide bonds. The van der Waals surface area contributed by atoms with Crippen molar-refractivity contribution in [2.75, 3.05) is 47.5 Å². The first kappa shape index (κ1) is 71.7. The molecule has 10 heteroatoms. The van der Waals surface area contributed by atoms with Crippen LogP contribution in [-0.2, 0) is 32.7 Å². The lowest BCUT2D eigenvalue weighted by molar-refractivity contribution is -0.870. The summed E-state index contributed by atoms with van der Waals surface area (Å²) in [7, 11) is 1.47. The molecule has 9 nitrogen and oxygen atoms in total. The third kappa shape index (κ3) is 59.8. The van der Waals surface area contributed by atoms with Gasteiger partial charge in [0.2, 0.25) is 0 Å². The Morgan fingerprint density at radius 3 is 1.13 bits per heavy atom. The number of unbranched alkanes of at least 4 members (excludes halogenated alkanes) is 22. The van der Waals surface area contributed by atoms with Crippen molar-refractivity contribution >= 4 is 19.8 Å². The summed E-state index contributed by atoms with van der Waals surface area (Å²) >= 11 is 0. The van der Waals surface area contributed by atoms with Gasteiger partial charge in [-0.3, -0.25) is 18.6 Å². The van der Waals surface area contributed by atoms with E-state index < -0.39 is 26.5 Å². The van der Waals surface area contributed by atoms with E-state index in [1.54, 1.807) is 0 Å². The summed E-state index contributed by atoms with van der Waals surface area (Å²) in [6.45, 7) is 4.31. The lowest BCUT2D eigenvalue weighted by Gasteiger charge is -2.24. The minimum Gasteiger partial charge on any atom is -0.462 e. The summed E-state index contributed by atoms with van der Waals surface area (Å²) in [5, 5.41) is 0. The van der Waals surface area contributed by atoms with Crippen molar-refractivity contribution in [2.45, 2.75) is 245 Å². The molecule has 2 unspecified atom stereocenters. The number of phosphoric ester groups is 1. The summed E-state index contributed by atoms with van der Waals surface area (Å²) in [5.41, 5.74) is 0. The fourth-order valence-electron chi connectivity index (χ4n) is 7.95. The molecular weight excluding hydrogens is 954 g/mol. The molecule has 0 radical (unpaired) electrons. The Hall–Kier alpha value is -3.33. The molecule has 0 saturated heterocycles. The summed E-state index contributed by atoms with van der Waals surface area (Å²) in [4.78, 5) is 35.6. The van der Waals surface area contributed by atoms with Gasteiger partial charge in [0.15, 0.2) is 6.10 Å². The monoisotopic (exact) mass is 1070 g/mol. The predicted molar refractivity (Wildman–Crippen MR) is 321 cm³/mol. The maximum absolute atomic E-state index is 12.8. The Kier molecular flexibility index (Phi) is 53.0. The summed E-state index contributed by atoms with van der Waals surface area (Å²) < 4.78 is 34.5. The van der Waals surface area contributed by atoms with E-state index in [2.05, 4.69) is 123 Å². The van der Waals surface area contributed by atoms with Gasteiger partial charge in [0.1, 0.15) is 19.8 Å². The molecule has 0 rings (SSSR count). The molecule has 0 fully saturated rings. The number of likely N-dealkylation sites (N-methyl/N-ethyl adjacent to an activating group) is 1. The zero-order valence-electron chi connectivity index (χ0n) is 48.7. The van der Waals surface area contributed by atoms with Crippen LogP contribution in [0.2, 0.25) is 0 Å². The van der Waals surface area contributed by atoms with E-state index in [-0.39, 0.29) is 32.0 Å². The molecule has 0 aromatic carbocycles. The minimum atomic E-state index is -4.39. The van der Waals surface area contributed by atoms with Crippen LogP contribution in [0.1, 0.15) is 239 Å². The third-order valence-electron chi connectivity index (χ3n) is 12.6. The van der Waals surface area contributed by atoms with E-state index in [1.165, 1.54) is 103 Å². The van der Waals surface area contributed by atoms with Gasteiger partial charge in [-0.1, -0.05) is 252 Å². The Bertz CT molecular complexity index is 1630. The lowest BCUT2D eigenvalue weighted by atomic mass is 10.0. The number of carbonyl (C=O) groups excluding carboxylic acids is 2. The molecule has 0 aliphatic rings. The van der Waals surface area contributed by atoms with Crippen LogP contribution in [0.3, 0.4) is 0 Å². The van der Waals surface area contributed by atoms with Gasteiger partial charge in [-0.05, 0) is 83.5 Å². The topological polar surface area (TPSA) is 108 Å². The van der Waals surface area contributed by atoms with Gasteiger partial charge in [-0.25, -0.2) is 4.57 Å². The highest BCUT2D eigenvalue weighted by Gasteiger charge is 2.27. The van der Waals surface area contributed by atoms with Crippen molar-refractivity contribution in [1.29, 1.82) is 0 Å². The summed E-state index contributed by atoms with van der Waals surface area (Å²) in [6, 6.07) is 0. The predicted octanol–water partition coefficient (Wildman–Crippen LogP) is 19.0. The van der Waals surface area contributed by atoms with Gasteiger partial charge in [0.05, 0.1) is 27.7 Å². The van der Waals surface area contributed by atoms with Gasteiger partial charge in [-0.2, -0.15) is 0 Å². The fraction of sp³-hybridized carbons (Fsp3) is 0.692. The van der Waals surface area contributed by atoms with E-state index in [0.717, 1.165) is 103 Å². The number of ether oxygens (including phenoxy) is 2. The van der Waals surface area contributed by atoms with Gasteiger partial charge in [0, 0.05) is 12.8 Å². The fourth-order valence-corrected chi connectivity index (χ4v) is 8.69. The van der Waals surface area contributed by atoms with Gasteiger partial charge < -0.3 is 18.9 Å². The molecule has 0 saturated carbocycles. The second-order valence-corrected chi connectivity index (χ2v) is 22.5. The number of carbonyl (C=O) groups is 2. The van der Waals surface area contributed by atoms with Crippen LogP contribution in [0, 0.1) is 0 Å². The number of quaternary nitrogens is 1. The number of hydrogen-bond acceptors (Lipinski definition) is 7. The van der Waals surface area contributed by atoms with E-state index in [4.69, 9.17) is 18.5 Å². The zero-order valence-corrected chi connectivity index (χ0v) is 49.6. The lowest BCUT2D eigenvalue weighted by Crippen LogP contribution is -2.37. The highest BCUT2D eigenvalue weighted by molar-refractivity contribution is 7.47. The Morgan fingerprint density at radius 2 is 0.760 bits per heavy atom. The first-order chi connectivity index (χ1) is 36.5. The second-order valence-electron chi connectivity index (χ2n) is 21.0. The SMILES string of the molecule is CC/C=C\C/C=C\C/C=C\C/C=C\C/C=C\C/C=C\C/C=C\C/C=C\C/C=C\CCCCCCCCCCCCCC(=O)OC(COC(=O)CCCCCCCCCCCCCC)COP(=O)(O)OCC[N+](C)(C)C. The third-order valence-corrected chi connectivity index (χ3v) is 13.6. The first-order valence-electron chi connectivity index (χ1n) is 30.1. The van der Waals surface area contributed by atoms with Crippen LogP contribution in [0.25, 0.3) is 0 Å². The van der Waals surface area contributed by atoms with E-state index in [0.29, 0.717) is 17.4 Å². The molecule has 0 aliphatic heterocycles.